The van der Waals surface area contributed by atoms with Gasteiger partial charge in [0.25, 0.3) is 5.91 Å². The van der Waals surface area contributed by atoms with Crippen LogP contribution in [0.25, 0.3) is 20.8 Å². The highest BCUT2D eigenvalue weighted by Crippen LogP contribution is 2.29. The Hall–Kier alpha value is -2.77. The Morgan fingerprint density at radius 3 is 2.61 bits per heavy atom. The first kappa shape index (κ1) is 18.6. The van der Waals surface area contributed by atoms with Gasteiger partial charge in [-0.05, 0) is 50.2 Å². The van der Waals surface area contributed by atoms with Crippen molar-refractivity contribution in [3.63, 3.8) is 0 Å². The molecular formula is C21H19N3O2S2. The number of ether oxygens (including phenoxy) is 1. The number of para-hydroxylation sites is 1. The maximum absolute atomic E-state index is 12.7. The van der Waals surface area contributed by atoms with E-state index >= 15 is 0 Å². The number of amides is 1. The summed E-state index contributed by atoms with van der Waals surface area (Å²) in [7, 11) is 0. The fourth-order valence-electron chi connectivity index (χ4n) is 2.82. The average molecular weight is 410 g/mol. The van der Waals surface area contributed by atoms with Crippen LogP contribution in [0.4, 0.5) is 0 Å². The largest absolute Gasteiger partial charge is 0.494 e. The van der Waals surface area contributed by atoms with E-state index in [2.05, 4.69) is 15.3 Å². The molecule has 0 bridgehead atoms. The van der Waals surface area contributed by atoms with Crippen molar-refractivity contribution in [2.24, 2.45) is 0 Å². The van der Waals surface area contributed by atoms with Crippen LogP contribution in [0.5, 0.6) is 5.75 Å². The fraction of sp³-hybridized carbons (Fsp3) is 0.190. The first-order valence-electron chi connectivity index (χ1n) is 8.97. The second kappa shape index (κ2) is 8.08. The summed E-state index contributed by atoms with van der Waals surface area (Å²) < 4.78 is 6.60. The Morgan fingerprint density at radius 2 is 1.86 bits per heavy atom. The van der Waals surface area contributed by atoms with Gasteiger partial charge < -0.3 is 10.1 Å². The van der Waals surface area contributed by atoms with Crippen LogP contribution in [0.1, 0.15) is 27.3 Å². The lowest BCUT2D eigenvalue weighted by atomic mass is 10.2. The quantitative estimate of drug-likeness (QED) is 0.484. The van der Waals surface area contributed by atoms with Gasteiger partial charge in [0.1, 0.15) is 20.6 Å². The van der Waals surface area contributed by atoms with Crippen LogP contribution >= 0.6 is 22.7 Å². The Morgan fingerprint density at radius 1 is 1.07 bits per heavy atom. The van der Waals surface area contributed by atoms with Crippen LogP contribution in [0.15, 0.2) is 48.5 Å². The third-order valence-electron chi connectivity index (χ3n) is 4.15. The molecule has 0 atom stereocenters. The Balaban J connectivity index is 1.47. The standard InChI is InChI=1S/C21H19N3O2S2/c1-3-26-15-10-8-14(9-11-15)21-23-13(2)19(28-21)20(25)22-12-18-24-16-6-4-5-7-17(16)27-18/h4-11H,3,12H2,1-2H3,(H,22,25). The van der Waals surface area contributed by atoms with Crippen LogP contribution in [0.3, 0.4) is 0 Å². The van der Waals surface area contributed by atoms with Gasteiger partial charge in [0.15, 0.2) is 0 Å². The van der Waals surface area contributed by atoms with Crippen molar-refractivity contribution in [2.75, 3.05) is 6.61 Å². The van der Waals surface area contributed by atoms with E-state index in [1.54, 1.807) is 11.3 Å². The number of nitrogens with zero attached hydrogens (tertiary/aromatic N) is 2. The van der Waals surface area contributed by atoms with Gasteiger partial charge >= 0.3 is 0 Å². The highest BCUT2D eigenvalue weighted by molar-refractivity contribution is 7.18. The molecule has 0 radical (unpaired) electrons. The van der Waals surface area contributed by atoms with E-state index in [0.29, 0.717) is 18.0 Å². The number of hydrogen-bond acceptors (Lipinski definition) is 6. The molecule has 4 aromatic rings. The lowest BCUT2D eigenvalue weighted by molar-refractivity contribution is 0.0954. The molecule has 0 unspecified atom stereocenters. The van der Waals surface area contributed by atoms with Crippen LogP contribution in [0.2, 0.25) is 0 Å². The number of fused-ring (bicyclic) bond motifs is 1. The van der Waals surface area contributed by atoms with E-state index in [-0.39, 0.29) is 5.91 Å². The molecule has 28 heavy (non-hydrogen) atoms. The van der Waals surface area contributed by atoms with Gasteiger partial charge in [-0.25, -0.2) is 9.97 Å². The van der Waals surface area contributed by atoms with Crippen LogP contribution in [0, 0.1) is 6.92 Å². The monoisotopic (exact) mass is 409 g/mol. The summed E-state index contributed by atoms with van der Waals surface area (Å²) in [6.07, 6.45) is 0. The summed E-state index contributed by atoms with van der Waals surface area (Å²) in [6, 6.07) is 15.7. The molecule has 2 aromatic carbocycles. The van der Waals surface area contributed by atoms with E-state index in [9.17, 15) is 4.79 Å². The molecule has 2 heterocycles. The molecule has 7 heteroatoms. The number of thiazole rings is 2. The van der Waals surface area contributed by atoms with Crippen LogP contribution in [-0.4, -0.2) is 22.5 Å². The zero-order valence-corrected chi connectivity index (χ0v) is 17.2. The van der Waals surface area contributed by atoms with Crippen molar-refractivity contribution in [3.8, 4) is 16.3 Å². The summed E-state index contributed by atoms with van der Waals surface area (Å²) >= 11 is 3.00. The van der Waals surface area contributed by atoms with Crippen molar-refractivity contribution < 1.29 is 9.53 Å². The van der Waals surface area contributed by atoms with Gasteiger partial charge in [0, 0.05) is 5.56 Å². The molecule has 0 saturated carbocycles. The van der Waals surface area contributed by atoms with E-state index < -0.39 is 0 Å². The smallest absolute Gasteiger partial charge is 0.263 e. The topological polar surface area (TPSA) is 64.1 Å². The van der Waals surface area contributed by atoms with Crippen molar-refractivity contribution >= 4 is 38.8 Å². The number of aromatic nitrogens is 2. The number of carbonyl (C=O) groups excluding carboxylic acids is 1. The minimum Gasteiger partial charge on any atom is -0.494 e. The molecule has 0 aliphatic heterocycles. The van der Waals surface area contributed by atoms with Gasteiger partial charge in [-0.1, -0.05) is 12.1 Å². The SMILES string of the molecule is CCOc1ccc(-c2nc(C)c(C(=O)NCc3nc4ccccc4s3)s2)cc1. The summed E-state index contributed by atoms with van der Waals surface area (Å²) in [5, 5.41) is 4.68. The zero-order valence-electron chi connectivity index (χ0n) is 15.6. The summed E-state index contributed by atoms with van der Waals surface area (Å²) in [6.45, 7) is 4.86. The normalized spacial score (nSPS) is 10.9. The average Bonchev–Trinajstić information content (AvgIpc) is 3.30. The van der Waals surface area contributed by atoms with Crippen LogP contribution < -0.4 is 10.1 Å². The van der Waals surface area contributed by atoms with Crippen molar-refractivity contribution in [3.05, 3.63) is 64.1 Å². The Kier molecular flexibility index (Phi) is 5.36. The van der Waals surface area contributed by atoms with E-state index in [1.165, 1.54) is 11.3 Å². The number of nitrogens with one attached hydrogen (secondary N) is 1. The molecule has 1 N–H and O–H groups in total. The fourth-order valence-corrected chi connectivity index (χ4v) is 4.72. The van der Waals surface area contributed by atoms with Gasteiger partial charge in [-0.3, -0.25) is 4.79 Å². The minimum absolute atomic E-state index is 0.119. The second-order valence-corrected chi connectivity index (χ2v) is 8.26. The minimum atomic E-state index is -0.119. The highest BCUT2D eigenvalue weighted by atomic mass is 32.1. The van der Waals surface area contributed by atoms with E-state index in [4.69, 9.17) is 4.74 Å². The number of benzene rings is 2. The number of hydrogen-bond donors (Lipinski definition) is 1. The molecule has 0 aliphatic rings. The number of aryl methyl sites for hydroxylation is 1. The summed E-state index contributed by atoms with van der Waals surface area (Å²) in [5.74, 6) is 0.708. The van der Waals surface area contributed by atoms with Crippen molar-refractivity contribution in [2.45, 2.75) is 20.4 Å². The maximum Gasteiger partial charge on any atom is 0.263 e. The first-order valence-corrected chi connectivity index (χ1v) is 10.6. The van der Waals surface area contributed by atoms with Gasteiger partial charge in [-0.15, -0.1) is 22.7 Å². The van der Waals surface area contributed by atoms with Gasteiger partial charge in [-0.2, -0.15) is 0 Å². The summed E-state index contributed by atoms with van der Waals surface area (Å²) in [5.41, 5.74) is 2.67. The molecule has 1 amide bonds. The van der Waals surface area contributed by atoms with Gasteiger partial charge in [0.2, 0.25) is 0 Å². The van der Waals surface area contributed by atoms with Gasteiger partial charge in [0.05, 0.1) is 29.1 Å². The third kappa shape index (κ3) is 3.90. The zero-order chi connectivity index (χ0) is 19.5. The van der Waals surface area contributed by atoms with Crippen LogP contribution in [-0.2, 0) is 6.54 Å². The lowest BCUT2D eigenvalue weighted by Crippen LogP contribution is -2.22. The predicted molar refractivity (Wildman–Crippen MR) is 114 cm³/mol. The van der Waals surface area contributed by atoms with E-state index in [1.807, 2.05) is 62.4 Å². The summed E-state index contributed by atoms with van der Waals surface area (Å²) in [4.78, 5) is 22.4. The Bertz CT molecular complexity index is 1080. The molecule has 4 rings (SSSR count). The highest BCUT2D eigenvalue weighted by Gasteiger charge is 2.16. The predicted octanol–water partition coefficient (Wildman–Crippen LogP) is 5.06. The van der Waals surface area contributed by atoms with Crippen molar-refractivity contribution in [1.29, 1.82) is 0 Å². The molecule has 142 valence electrons. The maximum atomic E-state index is 12.7. The molecular weight excluding hydrogens is 390 g/mol. The second-order valence-electron chi connectivity index (χ2n) is 6.15. The lowest BCUT2D eigenvalue weighted by Gasteiger charge is -2.03. The molecule has 0 aliphatic carbocycles. The van der Waals surface area contributed by atoms with Crippen molar-refractivity contribution in [1.82, 2.24) is 15.3 Å². The number of carbonyl (C=O) groups is 1. The molecule has 5 nitrogen and oxygen atoms in total. The van der Waals surface area contributed by atoms with E-state index in [0.717, 1.165) is 37.2 Å². The Labute approximate surface area is 171 Å². The number of rotatable bonds is 6. The first-order chi connectivity index (χ1) is 13.6. The molecule has 0 saturated heterocycles. The molecule has 2 aromatic heterocycles. The molecule has 0 spiro atoms. The third-order valence-corrected chi connectivity index (χ3v) is 6.40. The molecule has 0 fully saturated rings.